The number of rotatable bonds is 30. The fourth-order valence-corrected chi connectivity index (χ4v) is 14.1. The van der Waals surface area contributed by atoms with Crippen molar-refractivity contribution in [2.75, 3.05) is 46.2 Å². The fraction of sp³-hybridized carbons (Fsp3) is 0.859. The Labute approximate surface area is 643 Å². The van der Waals surface area contributed by atoms with Gasteiger partial charge in [-0.15, -0.1) is 0 Å². The smallest absolute Gasteiger partial charge is 0.335 e. The predicted molar refractivity (Wildman–Crippen MR) is 343 cm³/mol. The number of aliphatic carboxylic acids is 1. The maximum Gasteiger partial charge on any atom is 0.335 e. The Balaban J connectivity index is 1.000. The van der Waals surface area contributed by atoms with Crippen LogP contribution in [0.2, 0.25) is 0 Å². The van der Waals surface area contributed by atoms with E-state index < -0.39 is 345 Å². The van der Waals surface area contributed by atoms with Gasteiger partial charge in [0, 0.05) is 55.4 Å². The summed E-state index contributed by atoms with van der Waals surface area (Å²) in [7, 11) is 0. The topological polar surface area (TPSA) is 733 Å². The van der Waals surface area contributed by atoms with Gasteiger partial charge in [0.1, 0.15) is 146 Å². The molecule has 0 aromatic heterocycles. The Morgan fingerprint density at radius 2 is 0.482 bits per heavy atom. The lowest BCUT2D eigenvalue weighted by Crippen LogP contribution is -2.70. The quantitative estimate of drug-likeness (QED) is 0.0235. The molecule has 8 saturated heterocycles. The minimum absolute atomic E-state index is 0.770. The molecule has 0 bridgehead atoms. The van der Waals surface area contributed by atoms with E-state index in [9.17, 15) is 135 Å². The van der Waals surface area contributed by atoms with Gasteiger partial charge < -0.3 is 201 Å². The molecule has 50 heteroatoms. The van der Waals surface area contributed by atoms with Gasteiger partial charge in [-0.2, -0.15) is 0 Å². The molecule has 8 aliphatic heterocycles. The van der Waals surface area contributed by atoms with Crippen LogP contribution >= 0.6 is 0 Å². The molecular formula is C64H97NO49. The highest BCUT2D eigenvalue weighted by atomic mass is 16.8. The molecule has 19 N–H and O–H groups in total. The minimum Gasteiger partial charge on any atom is -0.479 e. The summed E-state index contributed by atoms with van der Waals surface area (Å²) in [6, 6.07) is -1.97. The van der Waals surface area contributed by atoms with Gasteiger partial charge in [-0.25, -0.2) is 4.79 Å². The van der Waals surface area contributed by atoms with E-state index in [1.54, 1.807) is 0 Å². The molecule has 0 aliphatic carbocycles. The van der Waals surface area contributed by atoms with E-state index >= 15 is 0 Å². The number of carboxylic acid groups (broad SMARTS) is 1. The first-order chi connectivity index (χ1) is 53.8. The third-order valence-corrected chi connectivity index (χ3v) is 19.0. The van der Waals surface area contributed by atoms with Gasteiger partial charge in [-0.05, 0) is 0 Å². The molecule has 0 spiro atoms. The highest BCUT2D eigenvalue weighted by molar-refractivity contribution is 5.74. The van der Waals surface area contributed by atoms with Gasteiger partial charge in [-0.3, -0.25) is 38.4 Å². The molecule has 8 fully saturated rings. The Morgan fingerprint density at radius 3 is 0.781 bits per heavy atom. The zero-order chi connectivity index (χ0) is 84.5. The number of nitrogens with one attached hydrogen (secondary N) is 1. The van der Waals surface area contributed by atoms with Gasteiger partial charge in [0.15, 0.2) is 99.2 Å². The summed E-state index contributed by atoms with van der Waals surface area (Å²) in [5.41, 5.74) is 0. The van der Waals surface area contributed by atoms with E-state index in [4.69, 9.17) is 104 Å². The molecule has 0 radical (unpaired) electrons. The first-order valence-corrected chi connectivity index (χ1v) is 35.4. The van der Waals surface area contributed by atoms with E-state index in [1.807, 2.05) is 0 Å². The van der Waals surface area contributed by atoms with Crippen molar-refractivity contribution in [3.05, 3.63) is 0 Å². The third-order valence-electron chi connectivity index (χ3n) is 19.0. The number of aliphatic hydroxyl groups is 17. The molecule has 652 valence electrons. The second-order valence-corrected chi connectivity index (χ2v) is 27.2. The largest absolute Gasteiger partial charge is 0.479 e. The first-order valence-electron chi connectivity index (χ1n) is 35.4. The van der Waals surface area contributed by atoms with Crippen molar-refractivity contribution in [2.45, 2.75) is 301 Å². The number of amides is 1. The van der Waals surface area contributed by atoms with Crippen LogP contribution in [0, 0.1) is 0 Å². The maximum atomic E-state index is 13.3. The van der Waals surface area contributed by atoms with Crippen molar-refractivity contribution >= 4 is 53.7 Å². The highest BCUT2D eigenvalue weighted by Crippen LogP contribution is 2.41. The van der Waals surface area contributed by atoms with Crippen LogP contribution in [0.25, 0.3) is 0 Å². The molecule has 0 unspecified atom stereocenters. The zero-order valence-electron chi connectivity index (χ0n) is 61.7. The van der Waals surface area contributed by atoms with Crippen molar-refractivity contribution in [1.82, 2.24) is 5.32 Å². The molecule has 8 heterocycles. The van der Waals surface area contributed by atoms with Crippen LogP contribution in [0.3, 0.4) is 0 Å². The van der Waals surface area contributed by atoms with E-state index in [0.29, 0.717) is 0 Å². The van der Waals surface area contributed by atoms with Gasteiger partial charge in [0.2, 0.25) is 5.91 Å². The molecule has 50 nitrogen and oxygen atoms in total. The van der Waals surface area contributed by atoms with E-state index in [-0.39, 0.29) is 0 Å². The van der Waals surface area contributed by atoms with Crippen LogP contribution in [-0.2, 0) is 147 Å². The van der Waals surface area contributed by atoms with Crippen molar-refractivity contribution in [1.29, 1.82) is 0 Å². The van der Waals surface area contributed by atoms with Gasteiger partial charge >= 0.3 is 47.8 Å². The molecule has 0 aromatic carbocycles. The number of aliphatic hydroxyl groups excluding tert-OH is 17. The van der Waals surface area contributed by atoms with Gasteiger partial charge in [0.05, 0.1) is 46.2 Å². The third kappa shape index (κ3) is 21.7. The summed E-state index contributed by atoms with van der Waals surface area (Å²) in [4.78, 5) is 114. The normalized spacial score (nSPS) is 43.9. The average molecular weight is 1660 g/mol. The number of carbonyl (C=O) groups is 9. The molecule has 114 heavy (non-hydrogen) atoms. The summed E-state index contributed by atoms with van der Waals surface area (Å²) < 4.78 is 125. The monoisotopic (exact) mass is 1660 g/mol. The average Bonchev–Trinajstić information content (AvgIpc) is 0.764. The Kier molecular flexibility index (Phi) is 33.7. The van der Waals surface area contributed by atoms with Crippen molar-refractivity contribution in [3.8, 4) is 0 Å². The SMILES string of the molecule is CC(=O)N[C@H]1[C@H](O[C@H]2[C@H](OC(C)=O)[C@H](O)[C@H](O[C@H]3[C@H](OC(C)=O)[C@H](O)[C@H](O[C@H]4[C@H](OC(C)=O)[C@H](O)[C@H](O)O[C@@H]4CO)O[C@@H]3CO)O[C@@H]2CO)O[C@H](CO)[C@@H](O[C@@H]2O[C@H](CO)[C@@H](O[C@@H]3O[C@H](C(=O)O)[C@@H](O[C@@H]4O[C@H](CO)[C@@H](O[C@@H]5O[C@H](CO)[C@@H](O)[C@H](OC(C)=O)[C@@H]5O)[C@@H](OC(C)=O)[C@@H]4O)[C@H](OC(C)=O)[C@@H]3O)[C@H](OC(C)=O)[C@@H]2O)[C@@H]1O. The second kappa shape index (κ2) is 41.1. The lowest BCUT2D eigenvalue weighted by Gasteiger charge is -2.51. The standard InChI is InChI=1S/C64H97NO49/c1-16(73)65-31-33(82)41(25(10-67)102-58(31)108-43-27(12-69)104-62(37(86)49(43)95-19(4)76)111-45-28(13-70)105-61(38(87)51(45)97-21(6)78)109-42-26(11-68)100-57(92)34(83)48(42)94-18(3)75)107-60-36(85)50(96-20(5)77)46(30(15-72)103-60)112-64-40(89)53(99-23(8)80)54(55(114-64)56(90)91)113-63-39(88)52(98-22(7)79)44(29(14-71)106-63)110-59-35(84)47(93-17(2)74)32(81)24(9-66)101-59/h24-55,57-64,66-72,81-89,92H,9-15H2,1-8H3,(H,65,73)(H,90,91)/t24-,25-,26-,27-,28-,29-,30-,31-,32-,33-,34+,35+,36+,37+,38+,39+,40+,41-,42-,43-,44-,45-,46-,47+,48-,49-,50-,51-,52+,53-,54+,55+,57-,58+,59+,60+,61+,62+,63+,64-/m1/s1. The van der Waals surface area contributed by atoms with Crippen LogP contribution in [0.5, 0.6) is 0 Å². The number of carboxylic acids is 1. The van der Waals surface area contributed by atoms with E-state index in [2.05, 4.69) is 5.32 Å². The van der Waals surface area contributed by atoms with Gasteiger partial charge in [-0.1, -0.05) is 0 Å². The first kappa shape index (κ1) is 93.4. The number of esters is 7. The minimum atomic E-state index is -2.56. The molecular weight excluding hydrogens is 1570 g/mol. The van der Waals surface area contributed by atoms with Crippen LogP contribution < -0.4 is 5.32 Å². The number of carbonyl (C=O) groups excluding carboxylic acids is 8. The zero-order valence-corrected chi connectivity index (χ0v) is 61.7. The Hall–Kier alpha value is -6.05. The lowest BCUT2D eigenvalue weighted by molar-refractivity contribution is -0.393. The molecule has 8 rings (SSSR count). The Bertz CT molecular complexity index is 3210. The maximum absolute atomic E-state index is 13.3. The summed E-state index contributed by atoms with van der Waals surface area (Å²) in [5.74, 6) is -11.0. The Morgan fingerprint density at radius 1 is 0.254 bits per heavy atom. The fourth-order valence-electron chi connectivity index (χ4n) is 14.1. The van der Waals surface area contributed by atoms with Crippen LogP contribution in [0.1, 0.15) is 55.4 Å². The summed E-state index contributed by atoms with van der Waals surface area (Å²) in [6.45, 7) is -1.01. The van der Waals surface area contributed by atoms with Crippen molar-refractivity contribution in [2.24, 2.45) is 0 Å². The summed E-state index contributed by atoms with van der Waals surface area (Å²) >= 11 is 0. The molecule has 40 atom stereocenters. The molecule has 8 aliphatic rings. The number of hydrogen-bond acceptors (Lipinski definition) is 48. The van der Waals surface area contributed by atoms with Crippen molar-refractivity contribution in [3.63, 3.8) is 0 Å². The second-order valence-electron chi connectivity index (χ2n) is 27.2. The van der Waals surface area contributed by atoms with Crippen molar-refractivity contribution < 1.29 is 239 Å². The molecule has 1 amide bonds. The van der Waals surface area contributed by atoms with Crippen LogP contribution in [-0.4, -0.2) is 437 Å². The van der Waals surface area contributed by atoms with E-state index in [0.717, 1.165) is 55.4 Å². The lowest BCUT2D eigenvalue weighted by atomic mass is 9.94. The predicted octanol–water partition coefficient (Wildman–Crippen LogP) is -14.2. The van der Waals surface area contributed by atoms with Crippen LogP contribution in [0.4, 0.5) is 0 Å². The van der Waals surface area contributed by atoms with E-state index in [1.165, 1.54) is 0 Å². The summed E-state index contributed by atoms with van der Waals surface area (Å²) in [6.07, 6.45) is -81.9. The number of hydrogen-bond donors (Lipinski definition) is 19. The van der Waals surface area contributed by atoms with Crippen LogP contribution in [0.15, 0.2) is 0 Å². The summed E-state index contributed by atoms with van der Waals surface area (Å²) in [5, 5.41) is 202. The van der Waals surface area contributed by atoms with Gasteiger partial charge in [0.25, 0.3) is 0 Å². The highest BCUT2D eigenvalue weighted by Gasteiger charge is 2.63. The number of ether oxygens (including phenoxy) is 22. The molecule has 0 saturated carbocycles. The molecule has 0 aromatic rings.